The molecule has 1 aliphatic rings. The van der Waals surface area contributed by atoms with Crippen LogP contribution in [0.5, 0.6) is 0 Å². The number of hydrogen-bond acceptors (Lipinski definition) is 7. The number of thioether (sulfide) groups is 1. The highest BCUT2D eigenvalue weighted by Gasteiger charge is 2.29. The number of hydrogen-bond donors (Lipinski definition) is 5. The number of carbonyl (C=O) groups excluding carboxylic acids is 3. The molecule has 0 radical (unpaired) electrons. The van der Waals surface area contributed by atoms with E-state index in [9.17, 15) is 24.3 Å². The molecule has 0 aromatic heterocycles. The number of amides is 3. The van der Waals surface area contributed by atoms with Crippen LogP contribution < -0.4 is 16.0 Å². The van der Waals surface area contributed by atoms with E-state index in [0.29, 0.717) is 25.1 Å². The normalized spacial score (nSPS) is 13.5. The summed E-state index contributed by atoms with van der Waals surface area (Å²) in [5.41, 5.74) is 4.55. The molecule has 0 heterocycles. The molecule has 1 aliphatic carbocycles. The molecule has 2 aromatic rings. The molecule has 2 atom stereocenters. The highest BCUT2D eigenvalue weighted by molar-refractivity contribution is 7.99. The first kappa shape index (κ1) is 30.0. The van der Waals surface area contributed by atoms with E-state index in [-0.39, 0.29) is 31.3 Å². The number of benzene rings is 2. The highest BCUT2D eigenvalue weighted by Crippen LogP contribution is 2.44. The van der Waals surface area contributed by atoms with Gasteiger partial charge in [-0.3, -0.25) is 9.59 Å². The first-order valence-corrected chi connectivity index (χ1v) is 14.0. The molecule has 10 nitrogen and oxygen atoms in total. The first-order chi connectivity index (χ1) is 18.8. The van der Waals surface area contributed by atoms with Gasteiger partial charge in [-0.25, -0.2) is 9.59 Å². The minimum Gasteiger partial charge on any atom is -0.480 e. The van der Waals surface area contributed by atoms with Crippen LogP contribution in [0.15, 0.2) is 48.5 Å². The second-order valence-electron chi connectivity index (χ2n) is 9.20. The minimum absolute atomic E-state index is 0.0357. The van der Waals surface area contributed by atoms with Gasteiger partial charge in [0.2, 0.25) is 11.8 Å². The molecule has 210 valence electrons. The van der Waals surface area contributed by atoms with Crippen molar-refractivity contribution in [2.75, 3.05) is 31.3 Å². The number of unbranched alkanes of at least 4 members (excludes halogenated alkanes) is 1. The van der Waals surface area contributed by atoms with E-state index >= 15 is 0 Å². The molecule has 0 saturated carbocycles. The number of aliphatic hydroxyl groups excluding tert-OH is 1. The van der Waals surface area contributed by atoms with Crippen LogP contribution in [0.25, 0.3) is 11.1 Å². The van der Waals surface area contributed by atoms with E-state index in [1.165, 1.54) is 18.7 Å². The lowest BCUT2D eigenvalue weighted by atomic mass is 9.98. The van der Waals surface area contributed by atoms with Gasteiger partial charge < -0.3 is 30.9 Å². The summed E-state index contributed by atoms with van der Waals surface area (Å²) in [5.74, 6) is -1.63. The molecule has 0 bridgehead atoms. The zero-order chi connectivity index (χ0) is 28.2. The Morgan fingerprint density at radius 3 is 2.18 bits per heavy atom. The van der Waals surface area contributed by atoms with Crippen molar-refractivity contribution in [3.8, 4) is 11.1 Å². The number of carbonyl (C=O) groups is 4. The fourth-order valence-corrected chi connectivity index (χ4v) is 5.30. The maximum absolute atomic E-state index is 12.6. The molecule has 0 spiro atoms. The Hall–Kier alpha value is -3.57. The fourth-order valence-electron chi connectivity index (χ4n) is 4.54. The SMILES string of the molecule is CC(=O)NC(CSCCO)C(=O)NC(CCCCNC(=O)OCC1c2ccccc2-c2ccccc21)C(=O)O. The lowest BCUT2D eigenvalue weighted by Gasteiger charge is -2.21. The van der Waals surface area contributed by atoms with Gasteiger partial charge >= 0.3 is 12.1 Å². The van der Waals surface area contributed by atoms with Gasteiger partial charge in [-0.05, 0) is 41.5 Å². The summed E-state index contributed by atoms with van der Waals surface area (Å²) >= 11 is 1.27. The molecule has 0 fully saturated rings. The van der Waals surface area contributed by atoms with Crippen LogP contribution in [0.1, 0.15) is 43.2 Å². The van der Waals surface area contributed by atoms with Crippen molar-refractivity contribution in [2.45, 2.75) is 44.2 Å². The maximum atomic E-state index is 12.6. The minimum atomic E-state index is -1.18. The molecule has 0 saturated heterocycles. The number of ether oxygens (including phenoxy) is 1. The number of aliphatic carboxylic acids is 1. The van der Waals surface area contributed by atoms with E-state index < -0.39 is 36.0 Å². The third kappa shape index (κ3) is 8.72. The molecule has 3 amide bonds. The average Bonchev–Trinajstić information content (AvgIpc) is 3.23. The van der Waals surface area contributed by atoms with Crippen molar-refractivity contribution in [2.24, 2.45) is 0 Å². The molecule has 39 heavy (non-hydrogen) atoms. The Balaban J connectivity index is 1.40. The number of fused-ring (bicyclic) bond motifs is 3. The van der Waals surface area contributed by atoms with Gasteiger partial charge in [0.25, 0.3) is 0 Å². The fraction of sp³-hybridized carbons (Fsp3) is 0.429. The Morgan fingerprint density at radius 1 is 0.949 bits per heavy atom. The highest BCUT2D eigenvalue weighted by atomic mass is 32.2. The number of nitrogens with one attached hydrogen (secondary N) is 3. The summed E-state index contributed by atoms with van der Waals surface area (Å²) in [6.07, 6.45) is 0.541. The molecule has 2 aromatic carbocycles. The Morgan fingerprint density at radius 2 is 1.59 bits per heavy atom. The smallest absolute Gasteiger partial charge is 0.407 e. The van der Waals surface area contributed by atoms with Gasteiger partial charge in [-0.2, -0.15) is 11.8 Å². The summed E-state index contributed by atoms with van der Waals surface area (Å²) in [7, 11) is 0. The quantitative estimate of drug-likeness (QED) is 0.209. The Bertz CT molecular complexity index is 1110. The molecular formula is C28H35N3O7S. The van der Waals surface area contributed by atoms with Gasteiger partial charge in [0, 0.05) is 30.9 Å². The second kappa shape index (κ2) is 15.1. The third-order valence-corrected chi connectivity index (χ3v) is 7.40. The molecule has 11 heteroatoms. The van der Waals surface area contributed by atoms with Gasteiger partial charge in [-0.1, -0.05) is 48.5 Å². The van der Waals surface area contributed by atoms with Crippen LogP contribution in [0, 0.1) is 0 Å². The van der Waals surface area contributed by atoms with Crippen molar-refractivity contribution in [3.05, 3.63) is 59.7 Å². The number of aliphatic hydroxyl groups is 1. The van der Waals surface area contributed by atoms with Crippen molar-refractivity contribution < 1.29 is 34.1 Å². The van der Waals surface area contributed by atoms with E-state index in [0.717, 1.165) is 22.3 Å². The Kier molecular flexibility index (Phi) is 11.6. The van der Waals surface area contributed by atoms with Crippen molar-refractivity contribution in [1.29, 1.82) is 0 Å². The van der Waals surface area contributed by atoms with Crippen LogP contribution in [0.2, 0.25) is 0 Å². The number of carboxylic acid groups (broad SMARTS) is 1. The van der Waals surface area contributed by atoms with Gasteiger partial charge in [0.05, 0.1) is 6.61 Å². The summed E-state index contributed by atoms with van der Waals surface area (Å²) < 4.78 is 5.50. The number of carboxylic acids is 1. The zero-order valence-corrected chi connectivity index (χ0v) is 22.7. The summed E-state index contributed by atoms with van der Waals surface area (Å²) in [6.45, 7) is 1.71. The standard InChI is InChI=1S/C28H35N3O7S/c1-18(33)30-25(17-39-15-14-32)26(34)31-24(27(35)36)12-6-7-13-29-28(37)38-16-23-21-10-4-2-8-19(21)20-9-3-5-11-22(20)23/h2-5,8-11,23-25,32H,6-7,12-17H2,1H3,(H,29,37)(H,30,33)(H,31,34)(H,35,36). The van der Waals surface area contributed by atoms with Crippen LogP contribution in [0.4, 0.5) is 4.79 Å². The summed E-state index contributed by atoms with van der Waals surface area (Å²) in [6, 6.07) is 14.1. The predicted molar refractivity (Wildman–Crippen MR) is 149 cm³/mol. The molecule has 0 aliphatic heterocycles. The van der Waals surface area contributed by atoms with E-state index in [4.69, 9.17) is 9.84 Å². The van der Waals surface area contributed by atoms with Crippen LogP contribution >= 0.6 is 11.8 Å². The van der Waals surface area contributed by atoms with Crippen molar-refractivity contribution in [3.63, 3.8) is 0 Å². The van der Waals surface area contributed by atoms with Crippen molar-refractivity contribution in [1.82, 2.24) is 16.0 Å². The van der Waals surface area contributed by atoms with Crippen LogP contribution in [0.3, 0.4) is 0 Å². The molecular weight excluding hydrogens is 522 g/mol. The summed E-state index contributed by atoms with van der Waals surface area (Å²) in [4.78, 5) is 48.0. The van der Waals surface area contributed by atoms with Crippen LogP contribution in [-0.4, -0.2) is 77.4 Å². The van der Waals surface area contributed by atoms with Gasteiger partial charge in [0.15, 0.2) is 0 Å². The lowest BCUT2D eigenvalue weighted by Crippen LogP contribution is -2.52. The largest absolute Gasteiger partial charge is 0.480 e. The second-order valence-corrected chi connectivity index (χ2v) is 10.3. The number of rotatable bonds is 15. The third-order valence-electron chi connectivity index (χ3n) is 6.36. The van der Waals surface area contributed by atoms with E-state index in [1.54, 1.807) is 0 Å². The van der Waals surface area contributed by atoms with Crippen molar-refractivity contribution >= 4 is 35.6 Å². The maximum Gasteiger partial charge on any atom is 0.407 e. The van der Waals surface area contributed by atoms with Gasteiger partial charge in [0.1, 0.15) is 18.7 Å². The number of alkyl carbamates (subject to hydrolysis) is 1. The van der Waals surface area contributed by atoms with Gasteiger partial charge in [-0.15, -0.1) is 0 Å². The Labute approximate surface area is 231 Å². The topological polar surface area (TPSA) is 154 Å². The van der Waals surface area contributed by atoms with Crippen LogP contribution in [-0.2, 0) is 19.1 Å². The summed E-state index contributed by atoms with van der Waals surface area (Å²) in [5, 5.41) is 26.1. The average molecular weight is 558 g/mol. The zero-order valence-electron chi connectivity index (χ0n) is 21.9. The predicted octanol–water partition coefficient (Wildman–Crippen LogP) is 2.50. The van der Waals surface area contributed by atoms with E-state index in [2.05, 4.69) is 28.1 Å². The molecule has 2 unspecified atom stereocenters. The first-order valence-electron chi connectivity index (χ1n) is 12.9. The monoisotopic (exact) mass is 557 g/mol. The van der Waals surface area contributed by atoms with E-state index in [1.807, 2.05) is 36.4 Å². The molecule has 5 N–H and O–H groups in total. The lowest BCUT2D eigenvalue weighted by molar-refractivity contribution is -0.142. The molecule has 3 rings (SSSR count).